The Morgan fingerprint density at radius 2 is 2.26 bits per heavy atom. The van der Waals surface area contributed by atoms with Gasteiger partial charge in [-0.25, -0.2) is 4.79 Å². The monoisotopic (exact) mass is 270 g/mol. The van der Waals surface area contributed by atoms with Gasteiger partial charge in [0.25, 0.3) is 0 Å². The summed E-state index contributed by atoms with van der Waals surface area (Å²) in [6.07, 6.45) is 5.99. The molecule has 0 spiro atoms. The van der Waals surface area contributed by atoms with Crippen molar-refractivity contribution in [3.05, 3.63) is 11.6 Å². The SMILES string of the molecule is COC(CNC(=O)NCCC1=CCCC1)CC(=O)O. The van der Waals surface area contributed by atoms with Gasteiger partial charge in [0.2, 0.25) is 0 Å². The van der Waals surface area contributed by atoms with E-state index in [2.05, 4.69) is 16.7 Å². The predicted molar refractivity (Wildman–Crippen MR) is 71.0 cm³/mol. The van der Waals surface area contributed by atoms with Gasteiger partial charge < -0.3 is 20.5 Å². The maximum absolute atomic E-state index is 11.5. The molecule has 19 heavy (non-hydrogen) atoms. The second kappa shape index (κ2) is 8.53. The summed E-state index contributed by atoms with van der Waals surface area (Å²) < 4.78 is 4.96. The minimum Gasteiger partial charge on any atom is -0.481 e. The molecule has 0 saturated carbocycles. The van der Waals surface area contributed by atoms with E-state index in [4.69, 9.17) is 9.84 Å². The number of carboxylic acids is 1. The third kappa shape index (κ3) is 6.81. The number of hydrogen-bond donors (Lipinski definition) is 3. The third-order valence-corrected chi connectivity index (χ3v) is 3.09. The van der Waals surface area contributed by atoms with E-state index in [0.29, 0.717) is 6.54 Å². The zero-order valence-corrected chi connectivity index (χ0v) is 11.3. The third-order valence-electron chi connectivity index (χ3n) is 3.09. The first kappa shape index (κ1) is 15.5. The Kier molecular flexibility index (Phi) is 6.95. The van der Waals surface area contributed by atoms with Crippen LogP contribution < -0.4 is 10.6 Å². The maximum Gasteiger partial charge on any atom is 0.314 e. The molecule has 0 aromatic heterocycles. The van der Waals surface area contributed by atoms with Crippen LogP contribution in [-0.4, -0.2) is 43.4 Å². The Balaban J connectivity index is 2.10. The number of hydrogen-bond acceptors (Lipinski definition) is 3. The number of rotatable bonds is 8. The average Bonchev–Trinajstić information content (AvgIpc) is 2.87. The lowest BCUT2D eigenvalue weighted by Crippen LogP contribution is -2.41. The summed E-state index contributed by atoms with van der Waals surface area (Å²) in [7, 11) is 1.43. The molecule has 0 saturated heterocycles. The van der Waals surface area contributed by atoms with E-state index in [1.807, 2.05) is 0 Å². The second-order valence-electron chi connectivity index (χ2n) is 4.60. The first-order valence-electron chi connectivity index (χ1n) is 6.56. The lowest BCUT2D eigenvalue weighted by Gasteiger charge is -2.14. The fourth-order valence-corrected chi connectivity index (χ4v) is 2.00. The van der Waals surface area contributed by atoms with Gasteiger partial charge in [-0.3, -0.25) is 4.79 Å². The molecular formula is C13H22N2O4. The fourth-order valence-electron chi connectivity index (χ4n) is 2.00. The molecule has 1 unspecified atom stereocenters. The Labute approximate surface area is 113 Å². The van der Waals surface area contributed by atoms with Gasteiger partial charge in [-0.05, 0) is 25.7 Å². The summed E-state index contributed by atoms with van der Waals surface area (Å²) in [5, 5.41) is 14.0. The number of carbonyl (C=O) groups is 2. The standard InChI is InChI=1S/C13H22N2O4/c1-19-11(8-12(16)17)9-15-13(18)14-7-6-10-4-2-3-5-10/h4,11H,2-3,5-9H2,1H3,(H,16,17)(H2,14,15,18). The van der Waals surface area contributed by atoms with Crippen molar-refractivity contribution >= 4 is 12.0 Å². The molecule has 6 nitrogen and oxygen atoms in total. The second-order valence-corrected chi connectivity index (χ2v) is 4.60. The number of carboxylic acid groups (broad SMARTS) is 1. The number of urea groups is 1. The number of ether oxygens (including phenoxy) is 1. The van der Waals surface area contributed by atoms with Gasteiger partial charge in [-0.15, -0.1) is 0 Å². The normalized spacial score (nSPS) is 15.7. The van der Waals surface area contributed by atoms with E-state index >= 15 is 0 Å². The van der Waals surface area contributed by atoms with Gasteiger partial charge in [0.1, 0.15) is 0 Å². The van der Waals surface area contributed by atoms with Crippen LogP contribution >= 0.6 is 0 Å². The topological polar surface area (TPSA) is 87.7 Å². The molecule has 1 atom stereocenters. The van der Waals surface area contributed by atoms with Crippen molar-refractivity contribution < 1.29 is 19.4 Å². The molecule has 2 amide bonds. The van der Waals surface area contributed by atoms with E-state index in [9.17, 15) is 9.59 Å². The van der Waals surface area contributed by atoms with Gasteiger partial charge in [0, 0.05) is 20.2 Å². The zero-order valence-electron chi connectivity index (χ0n) is 11.3. The summed E-state index contributed by atoms with van der Waals surface area (Å²) in [5.74, 6) is -0.942. The minimum atomic E-state index is -0.942. The quantitative estimate of drug-likeness (QED) is 0.580. The Morgan fingerprint density at radius 1 is 1.47 bits per heavy atom. The summed E-state index contributed by atoms with van der Waals surface area (Å²) in [6, 6.07) is -0.286. The number of carbonyl (C=O) groups excluding carboxylic acids is 1. The summed E-state index contributed by atoms with van der Waals surface area (Å²) in [5.41, 5.74) is 1.40. The van der Waals surface area contributed by atoms with Crippen LogP contribution in [0.5, 0.6) is 0 Å². The van der Waals surface area contributed by atoms with Gasteiger partial charge in [-0.1, -0.05) is 11.6 Å². The summed E-state index contributed by atoms with van der Waals surface area (Å²) >= 11 is 0. The number of methoxy groups -OCH3 is 1. The Morgan fingerprint density at radius 3 is 2.84 bits per heavy atom. The van der Waals surface area contributed by atoms with Crippen LogP contribution in [-0.2, 0) is 9.53 Å². The van der Waals surface area contributed by atoms with E-state index < -0.39 is 12.1 Å². The molecule has 1 aliphatic carbocycles. The van der Waals surface area contributed by atoms with Crippen molar-refractivity contribution in [3.63, 3.8) is 0 Å². The molecule has 108 valence electrons. The molecule has 3 N–H and O–H groups in total. The molecular weight excluding hydrogens is 248 g/mol. The van der Waals surface area contributed by atoms with Crippen molar-refractivity contribution in [3.8, 4) is 0 Å². The first-order chi connectivity index (χ1) is 9.11. The van der Waals surface area contributed by atoms with E-state index in [1.165, 1.54) is 19.1 Å². The lowest BCUT2D eigenvalue weighted by molar-refractivity contribution is -0.139. The Hall–Kier alpha value is -1.56. The van der Waals surface area contributed by atoms with Crippen LogP contribution in [0, 0.1) is 0 Å². The molecule has 1 rings (SSSR count). The van der Waals surface area contributed by atoms with E-state index in [1.54, 1.807) is 0 Å². The van der Waals surface area contributed by atoms with Crippen molar-refractivity contribution in [2.45, 2.75) is 38.2 Å². The lowest BCUT2D eigenvalue weighted by atomic mass is 10.2. The average molecular weight is 270 g/mol. The molecule has 6 heteroatoms. The van der Waals surface area contributed by atoms with E-state index in [0.717, 1.165) is 19.3 Å². The number of nitrogens with one attached hydrogen (secondary N) is 2. The number of amides is 2. The van der Waals surface area contributed by atoms with Crippen molar-refractivity contribution in [1.29, 1.82) is 0 Å². The van der Waals surface area contributed by atoms with Crippen LogP contribution in [0.3, 0.4) is 0 Å². The molecule has 0 aromatic carbocycles. The molecule has 0 fully saturated rings. The first-order valence-corrected chi connectivity index (χ1v) is 6.56. The summed E-state index contributed by atoms with van der Waals surface area (Å²) in [6.45, 7) is 0.797. The minimum absolute atomic E-state index is 0.121. The molecule has 0 aromatic rings. The van der Waals surface area contributed by atoms with Crippen LogP contribution in [0.4, 0.5) is 4.79 Å². The largest absolute Gasteiger partial charge is 0.481 e. The van der Waals surface area contributed by atoms with Crippen LogP contribution in [0.15, 0.2) is 11.6 Å². The highest BCUT2D eigenvalue weighted by Gasteiger charge is 2.13. The predicted octanol–water partition coefficient (Wildman–Crippen LogP) is 1.28. The van der Waals surface area contributed by atoms with Gasteiger partial charge in [-0.2, -0.15) is 0 Å². The molecule has 0 bridgehead atoms. The zero-order chi connectivity index (χ0) is 14.1. The van der Waals surface area contributed by atoms with Crippen LogP contribution in [0.2, 0.25) is 0 Å². The highest BCUT2D eigenvalue weighted by Crippen LogP contribution is 2.19. The molecule has 1 aliphatic rings. The molecule has 0 heterocycles. The highest BCUT2D eigenvalue weighted by atomic mass is 16.5. The van der Waals surface area contributed by atoms with E-state index in [-0.39, 0.29) is 19.0 Å². The van der Waals surface area contributed by atoms with Crippen molar-refractivity contribution in [2.75, 3.05) is 20.2 Å². The molecule has 0 aliphatic heterocycles. The highest BCUT2D eigenvalue weighted by molar-refractivity contribution is 5.74. The van der Waals surface area contributed by atoms with Crippen LogP contribution in [0.1, 0.15) is 32.1 Å². The Bertz CT molecular complexity index is 342. The van der Waals surface area contributed by atoms with Gasteiger partial charge in [0.05, 0.1) is 12.5 Å². The summed E-state index contributed by atoms with van der Waals surface area (Å²) in [4.78, 5) is 22.0. The molecule has 0 radical (unpaired) electrons. The number of allylic oxidation sites excluding steroid dienone is 1. The fraction of sp³-hybridized carbons (Fsp3) is 0.692. The maximum atomic E-state index is 11.5. The number of aliphatic carboxylic acids is 1. The smallest absolute Gasteiger partial charge is 0.314 e. The van der Waals surface area contributed by atoms with Gasteiger partial charge in [0.15, 0.2) is 0 Å². The van der Waals surface area contributed by atoms with Crippen molar-refractivity contribution in [2.24, 2.45) is 0 Å². The van der Waals surface area contributed by atoms with Crippen molar-refractivity contribution in [1.82, 2.24) is 10.6 Å². The van der Waals surface area contributed by atoms with Crippen LogP contribution in [0.25, 0.3) is 0 Å². The van der Waals surface area contributed by atoms with Gasteiger partial charge >= 0.3 is 12.0 Å².